The van der Waals surface area contributed by atoms with Gasteiger partial charge in [-0.05, 0) is 30.2 Å². The summed E-state index contributed by atoms with van der Waals surface area (Å²) in [6, 6.07) is 10.9. The Labute approximate surface area is 135 Å². The Morgan fingerprint density at radius 3 is 2.91 bits per heavy atom. The number of rotatable bonds is 7. The molecule has 0 aliphatic carbocycles. The molecule has 0 saturated heterocycles. The van der Waals surface area contributed by atoms with Gasteiger partial charge in [-0.15, -0.1) is 0 Å². The molecular formula is C18H20N2O3. The Balaban J connectivity index is 2.02. The average molecular weight is 312 g/mol. The third-order valence-corrected chi connectivity index (χ3v) is 3.35. The number of amides is 1. The summed E-state index contributed by atoms with van der Waals surface area (Å²) in [6.45, 7) is 5.88. The van der Waals surface area contributed by atoms with E-state index in [4.69, 9.17) is 4.74 Å². The molecule has 0 fully saturated rings. The number of ether oxygens (including phenoxy) is 1. The number of hydrogen-bond donors (Lipinski definition) is 2. The van der Waals surface area contributed by atoms with Crippen molar-refractivity contribution in [1.29, 1.82) is 0 Å². The molecule has 23 heavy (non-hydrogen) atoms. The monoisotopic (exact) mass is 312 g/mol. The van der Waals surface area contributed by atoms with Gasteiger partial charge in [-0.3, -0.25) is 4.79 Å². The first-order valence-electron chi connectivity index (χ1n) is 7.34. The molecule has 2 rings (SSSR count). The lowest BCUT2D eigenvalue weighted by Gasteiger charge is -2.15. The minimum Gasteiger partial charge on any atom is -0.487 e. The topological polar surface area (TPSA) is 71.5 Å². The zero-order valence-electron chi connectivity index (χ0n) is 13.0. The highest BCUT2D eigenvalue weighted by Gasteiger charge is 2.16. The lowest BCUT2D eigenvalue weighted by molar-refractivity contribution is 0.0907. The van der Waals surface area contributed by atoms with E-state index in [2.05, 4.69) is 16.9 Å². The van der Waals surface area contributed by atoms with Gasteiger partial charge in [0.05, 0.1) is 6.10 Å². The number of nitrogens with zero attached hydrogens (tertiary/aromatic N) is 1. The molecule has 1 aromatic heterocycles. The molecule has 1 heterocycles. The van der Waals surface area contributed by atoms with Crippen molar-refractivity contribution in [2.24, 2.45) is 0 Å². The van der Waals surface area contributed by atoms with Crippen LogP contribution in [0.3, 0.4) is 0 Å². The molecule has 0 aliphatic heterocycles. The fourth-order valence-electron chi connectivity index (χ4n) is 2.17. The molecule has 1 unspecified atom stereocenters. The van der Waals surface area contributed by atoms with Crippen LogP contribution >= 0.6 is 0 Å². The number of aliphatic hydroxyl groups excluding tert-OH is 1. The van der Waals surface area contributed by atoms with Crippen LogP contribution in [0.15, 0.2) is 55.3 Å². The minimum atomic E-state index is -0.776. The van der Waals surface area contributed by atoms with Crippen LogP contribution < -0.4 is 10.1 Å². The van der Waals surface area contributed by atoms with Crippen LogP contribution in [0.25, 0.3) is 0 Å². The summed E-state index contributed by atoms with van der Waals surface area (Å²) in [5.41, 5.74) is 1.95. The Hall–Kier alpha value is -2.66. The van der Waals surface area contributed by atoms with Gasteiger partial charge in [-0.1, -0.05) is 36.9 Å². The average Bonchev–Trinajstić information content (AvgIpc) is 2.58. The van der Waals surface area contributed by atoms with Gasteiger partial charge in [0, 0.05) is 12.7 Å². The van der Waals surface area contributed by atoms with Crippen molar-refractivity contribution in [3.8, 4) is 5.75 Å². The fourth-order valence-corrected chi connectivity index (χ4v) is 2.17. The van der Waals surface area contributed by atoms with E-state index >= 15 is 0 Å². The lowest BCUT2D eigenvalue weighted by Crippen LogP contribution is -2.29. The first kappa shape index (κ1) is 16.7. The maximum Gasteiger partial charge on any atom is 0.273 e. The number of aromatic nitrogens is 1. The molecule has 1 atom stereocenters. The van der Waals surface area contributed by atoms with Crippen LogP contribution in [0.4, 0.5) is 0 Å². The van der Waals surface area contributed by atoms with Crippen molar-refractivity contribution in [1.82, 2.24) is 10.3 Å². The highest BCUT2D eigenvalue weighted by atomic mass is 16.5. The molecule has 120 valence electrons. The number of benzene rings is 1. The molecule has 1 amide bonds. The number of carbonyl (C=O) groups is 1. The number of hydrogen-bond acceptors (Lipinski definition) is 4. The van der Waals surface area contributed by atoms with Crippen molar-refractivity contribution in [2.75, 3.05) is 13.2 Å². The summed E-state index contributed by atoms with van der Waals surface area (Å²) in [5.74, 6) is -0.00687. The molecule has 0 saturated carbocycles. The third-order valence-electron chi connectivity index (χ3n) is 3.35. The standard InChI is InChI=1S/C18H20N2O3/c1-3-11-23-16-9-6-10-19-17(16)18(22)20-12-15(21)14-8-5-4-7-13(14)2/h3-10,15,21H,1,11-12H2,2H3,(H,20,22). The van der Waals surface area contributed by atoms with Gasteiger partial charge in [-0.2, -0.15) is 0 Å². The predicted molar refractivity (Wildman–Crippen MR) is 88.4 cm³/mol. The van der Waals surface area contributed by atoms with Crippen LogP contribution in [0.1, 0.15) is 27.7 Å². The zero-order valence-corrected chi connectivity index (χ0v) is 13.0. The molecular weight excluding hydrogens is 292 g/mol. The van der Waals surface area contributed by atoms with Gasteiger partial charge < -0.3 is 15.2 Å². The van der Waals surface area contributed by atoms with Gasteiger partial charge in [0.2, 0.25) is 0 Å². The second-order valence-corrected chi connectivity index (χ2v) is 5.03. The van der Waals surface area contributed by atoms with Crippen molar-refractivity contribution in [2.45, 2.75) is 13.0 Å². The smallest absolute Gasteiger partial charge is 0.273 e. The molecule has 2 N–H and O–H groups in total. The zero-order chi connectivity index (χ0) is 16.7. The fraction of sp³-hybridized carbons (Fsp3) is 0.222. The first-order valence-corrected chi connectivity index (χ1v) is 7.34. The molecule has 1 aromatic carbocycles. The Morgan fingerprint density at radius 2 is 2.17 bits per heavy atom. The predicted octanol–water partition coefficient (Wildman–Crippen LogP) is 2.42. The maximum absolute atomic E-state index is 12.3. The van der Waals surface area contributed by atoms with Crippen molar-refractivity contribution in [3.05, 3.63) is 72.1 Å². The van der Waals surface area contributed by atoms with Gasteiger partial charge in [0.25, 0.3) is 5.91 Å². The Morgan fingerprint density at radius 1 is 1.39 bits per heavy atom. The van der Waals surface area contributed by atoms with Crippen molar-refractivity contribution < 1.29 is 14.6 Å². The number of pyridine rings is 1. The largest absolute Gasteiger partial charge is 0.487 e. The summed E-state index contributed by atoms with van der Waals surface area (Å²) < 4.78 is 5.41. The van der Waals surface area contributed by atoms with Crippen LogP contribution in [0, 0.1) is 6.92 Å². The van der Waals surface area contributed by atoms with E-state index in [9.17, 15) is 9.90 Å². The van der Waals surface area contributed by atoms with Crippen molar-refractivity contribution >= 4 is 5.91 Å². The van der Waals surface area contributed by atoms with E-state index in [0.29, 0.717) is 5.75 Å². The lowest BCUT2D eigenvalue weighted by atomic mass is 10.0. The third kappa shape index (κ3) is 4.40. The number of aliphatic hydroxyl groups is 1. The molecule has 5 nitrogen and oxygen atoms in total. The van der Waals surface area contributed by atoms with Crippen LogP contribution in [0.2, 0.25) is 0 Å². The molecule has 0 bridgehead atoms. The second-order valence-electron chi connectivity index (χ2n) is 5.03. The van der Waals surface area contributed by atoms with Crippen molar-refractivity contribution in [3.63, 3.8) is 0 Å². The summed E-state index contributed by atoms with van der Waals surface area (Å²) in [4.78, 5) is 16.3. The number of carbonyl (C=O) groups excluding carboxylic acids is 1. The van der Waals surface area contributed by atoms with Gasteiger partial charge >= 0.3 is 0 Å². The van der Waals surface area contributed by atoms with Crippen LogP contribution in [-0.4, -0.2) is 29.1 Å². The summed E-state index contributed by atoms with van der Waals surface area (Å²) >= 11 is 0. The number of aryl methyl sites for hydroxylation is 1. The second kappa shape index (κ2) is 8.10. The quantitative estimate of drug-likeness (QED) is 0.770. The van der Waals surface area contributed by atoms with E-state index in [-0.39, 0.29) is 18.8 Å². The van der Waals surface area contributed by atoms with E-state index in [1.165, 1.54) is 6.20 Å². The summed E-state index contributed by atoms with van der Waals surface area (Å²) in [7, 11) is 0. The highest BCUT2D eigenvalue weighted by molar-refractivity contribution is 5.94. The van der Waals surface area contributed by atoms with E-state index in [1.807, 2.05) is 31.2 Å². The van der Waals surface area contributed by atoms with E-state index in [1.54, 1.807) is 18.2 Å². The summed E-state index contributed by atoms with van der Waals surface area (Å²) in [6.07, 6.45) is 2.34. The molecule has 0 aliphatic rings. The van der Waals surface area contributed by atoms with Gasteiger partial charge in [0.15, 0.2) is 11.4 Å². The van der Waals surface area contributed by atoms with Crippen LogP contribution in [-0.2, 0) is 0 Å². The molecule has 5 heteroatoms. The van der Waals surface area contributed by atoms with Gasteiger partial charge in [0.1, 0.15) is 6.61 Å². The molecule has 0 radical (unpaired) electrons. The SMILES string of the molecule is C=CCOc1cccnc1C(=O)NCC(O)c1ccccc1C. The first-order chi connectivity index (χ1) is 11.1. The molecule has 0 spiro atoms. The van der Waals surface area contributed by atoms with E-state index in [0.717, 1.165) is 11.1 Å². The Kier molecular flexibility index (Phi) is 5.88. The molecule has 2 aromatic rings. The highest BCUT2D eigenvalue weighted by Crippen LogP contribution is 2.18. The normalized spacial score (nSPS) is 11.6. The van der Waals surface area contributed by atoms with Gasteiger partial charge in [-0.25, -0.2) is 4.98 Å². The summed E-state index contributed by atoms with van der Waals surface area (Å²) in [5, 5.41) is 12.9. The maximum atomic E-state index is 12.3. The van der Waals surface area contributed by atoms with E-state index < -0.39 is 12.0 Å². The minimum absolute atomic E-state index is 0.0984. The van der Waals surface area contributed by atoms with Crippen LogP contribution in [0.5, 0.6) is 5.75 Å². The number of nitrogens with one attached hydrogen (secondary N) is 1. The Bertz CT molecular complexity index is 685.